The van der Waals surface area contributed by atoms with Crippen LogP contribution in [0.25, 0.3) is 0 Å². The minimum Gasteiger partial charge on any atom is -0.351 e. The number of rotatable bonds is 4. The Balaban J connectivity index is 2.87. The van der Waals surface area contributed by atoms with E-state index in [-0.39, 0.29) is 0 Å². The van der Waals surface area contributed by atoms with E-state index < -0.39 is 11.3 Å². The highest BCUT2D eigenvalue weighted by Crippen LogP contribution is 2.42. The molecule has 0 aromatic carbocycles. The van der Waals surface area contributed by atoms with Crippen LogP contribution in [0.3, 0.4) is 0 Å². The highest BCUT2D eigenvalue weighted by Gasteiger charge is 2.52. The second kappa shape index (κ2) is 3.78. The predicted molar refractivity (Wildman–Crippen MR) is 52.3 cm³/mol. The van der Waals surface area contributed by atoms with Crippen molar-refractivity contribution in [2.75, 3.05) is 14.2 Å². The van der Waals surface area contributed by atoms with Crippen molar-refractivity contribution in [2.24, 2.45) is 5.73 Å². The molecule has 1 aliphatic rings. The summed E-state index contributed by atoms with van der Waals surface area (Å²) in [5.74, 6) is -0.610. The maximum absolute atomic E-state index is 6.25. The van der Waals surface area contributed by atoms with Gasteiger partial charge in [-0.1, -0.05) is 6.08 Å². The number of ether oxygens (including phenoxy) is 2. The minimum atomic E-state index is -0.610. The molecule has 3 heteroatoms. The molecule has 0 heterocycles. The lowest BCUT2D eigenvalue weighted by molar-refractivity contribution is -0.234. The standard InChI is InChI=1S/C10H19NO2/c1-4-6-9(11)7-5-8-10(9,12-2)13-3/h4H,1,5-8,11H2,2-3H3. The van der Waals surface area contributed by atoms with Crippen LogP contribution >= 0.6 is 0 Å². The van der Waals surface area contributed by atoms with Crippen LogP contribution in [0.5, 0.6) is 0 Å². The molecular formula is C10H19NO2. The summed E-state index contributed by atoms with van der Waals surface area (Å²) in [7, 11) is 3.30. The largest absolute Gasteiger partial charge is 0.351 e. The summed E-state index contributed by atoms with van der Waals surface area (Å²) in [5.41, 5.74) is 5.84. The molecule has 0 saturated heterocycles. The van der Waals surface area contributed by atoms with E-state index in [1.807, 2.05) is 6.08 Å². The maximum Gasteiger partial charge on any atom is 0.185 e. The number of hydrogen-bond donors (Lipinski definition) is 1. The molecular weight excluding hydrogens is 166 g/mol. The zero-order chi connectivity index (χ0) is 9.95. The first-order valence-electron chi connectivity index (χ1n) is 4.64. The molecule has 0 aromatic heterocycles. The zero-order valence-electron chi connectivity index (χ0n) is 8.51. The number of methoxy groups -OCH3 is 2. The topological polar surface area (TPSA) is 44.5 Å². The van der Waals surface area contributed by atoms with Crippen molar-refractivity contribution in [1.29, 1.82) is 0 Å². The first-order chi connectivity index (χ1) is 6.14. The van der Waals surface area contributed by atoms with Crippen molar-refractivity contribution in [2.45, 2.75) is 37.0 Å². The Morgan fingerprint density at radius 1 is 1.38 bits per heavy atom. The van der Waals surface area contributed by atoms with Gasteiger partial charge in [0.05, 0.1) is 5.54 Å². The fraction of sp³-hybridized carbons (Fsp3) is 0.800. The fourth-order valence-electron chi connectivity index (χ4n) is 2.29. The molecule has 1 atom stereocenters. The summed E-state index contributed by atoms with van der Waals surface area (Å²) in [6.45, 7) is 3.71. The van der Waals surface area contributed by atoms with E-state index in [0.29, 0.717) is 0 Å². The van der Waals surface area contributed by atoms with E-state index in [9.17, 15) is 0 Å². The van der Waals surface area contributed by atoms with E-state index in [1.54, 1.807) is 14.2 Å². The second-order valence-corrected chi connectivity index (χ2v) is 3.66. The smallest absolute Gasteiger partial charge is 0.185 e. The molecule has 0 aliphatic heterocycles. The van der Waals surface area contributed by atoms with Gasteiger partial charge in [0.15, 0.2) is 5.79 Å². The van der Waals surface area contributed by atoms with Gasteiger partial charge in [0.25, 0.3) is 0 Å². The van der Waals surface area contributed by atoms with Crippen molar-refractivity contribution in [3.63, 3.8) is 0 Å². The zero-order valence-corrected chi connectivity index (χ0v) is 8.51. The summed E-state index contributed by atoms with van der Waals surface area (Å²) in [6, 6.07) is 0. The van der Waals surface area contributed by atoms with E-state index in [1.165, 1.54) is 0 Å². The van der Waals surface area contributed by atoms with Crippen LogP contribution in [-0.2, 0) is 9.47 Å². The molecule has 0 spiro atoms. The molecule has 13 heavy (non-hydrogen) atoms. The van der Waals surface area contributed by atoms with Gasteiger partial charge in [-0.2, -0.15) is 0 Å². The molecule has 1 aliphatic carbocycles. The van der Waals surface area contributed by atoms with Gasteiger partial charge in [0.2, 0.25) is 0 Å². The Morgan fingerprint density at radius 3 is 2.46 bits per heavy atom. The van der Waals surface area contributed by atoms with Crippen LogP contribution < -0.4 is 5.73 Å². The highest BCUT2D eigenvalue weighted by molar-refractivity contribution is 5.07. The number of hydrogen-bond acceptors (Lipinski definition) is 3. The Bertz CT molecular complexity index is 189. The van der Waals surface area contributed by atoms with Crippen LogP contribution in [0, 0.1) is 0 Å². The molecule has 1 fully saturated rings. The molecule has 0 aromatic rings. The van der Waals surface area contributed by atoms with Crippen molar-refractivity contribution in [3.05, 3.63) is 12.7 Å². The molecule has 2 N–H and O–H groups in total. The minimum absolute atomic E-state index is 0.405. The summed E-state index contributed by atoms with van der Waals surface area (Å²) < 4.78 is 10.8. The van der Waals surface area contributed by atoms with Crippen molar-refractivity contribution in [3.8, 4) is 0 Å². The summed E-state index contributed by atoms with van der Waals surface area (Å²) in [4.78, 5) is 0. The van der Waals surface area contributed by atoms with Gasteiger partial charge in [-0.3, -0.25) is 0 Å². The highest BCUT2D eigenvalue weighted by atomic mass is 16.7. The third-order valence-electron chi connectivity index (χ3n) is 3.06. The normalized spacial score (nSPS) is 31.9. The van der Waals surface area contributed by atoms with Crippen LogP contribution in [0.2, 0.25) is 0 Å². The molecule has 0 radical (unpaired) electrons. The summed E-state index contributed by atoms with van der Waals surface area (Å²) in [5, 5.41) is 0. The van der Waals surface area contributed by atoms with E-state index in [2.05, 4.69) is 6.58 Å². The number of nitrogens with two attached hydrogens (primary N) is 1. The van der Waals surface area contributed by atoms with E-state index in [4.69, 9.17) is 15.2 Å². The molecule has 3 nitrogen and oxygen atoms in total. The van der Waals surface area contributed by atoms with E-state index in [0.717, 1.165) is 25.7 Å². The van der Waals surface area contributed by atoms with Crippen LogP contribution in [0.15, 0.2) is 12.7 Å². The van der Waals surface area contributed by atoms with Crippen LogP contribution in [0.1, 0.15) is 25.7 Å². The molecule has 1 unspecified atom stereocenters. The van der Waals surface area contributed by atoms with E-state index >= 15 is 0 Å². The third kappa shape index (κ3) is 1.52. The lowest BCUT2D eigenvalue weighted by Crippen LogP contribution is -2.58. The fourth-order valence-corrected chi connectivity index (χ4v) is 2.29. The lowest BCUT2D eigenvalue weighted by Gasteiger charge is -2.40. The summed E-state index contributed by atoms with van der Waals surface area (Å²) in [6.07, 6.45) is 5.41. The average Bonchev–Trinajstić information content (AvgIpc) is 2.44. The lowest BCUT2D eigenvalue weighted by atomic mass is 9.89. The molecule has 1 saturated carbocycles. The first-order valence-corrected chi connectivity index (χ1v) is 4.64. The van der Waals surface area contributed by atoms with Crippen LogP contribution in [-0.4, -0.2) is 25.5 Å². The van der Waals surface area contributed by atoms with Gasteiger partial charge in [-0.25, -0.2) is 0 Å². The predicted octanol–water partition coefficient (Wildman–Crippen LogP) is 1.43. The van der Waals surface area contributed by atoms with Gasteiger partial charge in [0, 0.05) is 20.6 Å². The maximum atomic E-state index is 6.25. The van der Waals surface area contributed by atoms with Gasteiger partial charge in [0.1, 0.15) is 0 Å². The van der Waals surface area contributed by atoms with Crippen molar-refractivity contribution < 1.29 is 9.47 Å². The molecule has 76 valence electrons. The Kier molecular flexibility index (Phi) is 3.11. The van der Waals surface area contributed by atoms with Crippen molar-refractivity contribution >= 4 is 0 Å². The average molecular weight is 185 g/mol. The molecule has 1 rings (SSSR count). The second-order valence-electron chi connectivity index (χ2n) is 3.66. The van der Waals surface area contributed by atoms with Crippen molar-refractivity contribution in [1.82, 2.24) is 0 Å². The summed E-state index contributed by atoms with van der Waals surface area (Å²) >= 11 is 0. The monoisotopic (exact) mass is 185 g/mol. The Labute approximate surface area is 79.9 Å². The SMILES string of the molecule is C=CCC1(N)CCCC1(OC)OC. The van der Waals surface area contributed by atoms with Gasteiger partial charge in [-0.05, 0) is 19.3 Å². The quantitative estimate of drug-likeness (QED) is 0.532. The third-order valence-corrected chi connectivity index (χ3v) is 3.06. The molecule has 0 amide bonds. The van der Waals surface area contributed by atoms with Gasteiger partial charge >= 0.3 is 0 Å². The van der Waals surface area contributed by atoms with Gasteiger partial charge in [-0.15, -0.1) is 6.58 Å². The van der Waals surface area contributed by atoms with Gasteiger partial charge < -0.3 is 15.2 Å². The molecule has 0 bridgehead atoms. The van der Waals surface area contributed by atoms with Crippen LogP contribution in [0.4, 0.5) is 0 Å². The first kappa shape index (κ1) is 10.7. The Hall–Kier alpha value is -0.380. The Morgan fingerprint density at radius 2 is 2.00 bits per heavy atom.